The number of hydrogen-bond acceptors (Lipinski definition) is 3. The Labute approximate surface area is 238 Å². The zero-order chi connectivity index (χ0) is 28.3. The van der Waals surface area contributed by atoms with Gasteiger partial charge in [-0.05, 0) is 59.3 Å². The number of aliphatic carboxylic acids is 1. The lowest BCUT2D eigenvalue weighted by Gasteiger charge is -2.54. The molecule has 0 aliphatic carbocycles. The third-order valence-electron chi connectivity index (χ3n) is 8.80. The van der Waals surface area contributed by atoms with E-state index in [9.17, 15) is 9.90 Å². The molecule has 1 fully saturated rings. The van der Waals surface area contributed by atoms with Crippen molar-refractivity contribution in [3.63, 3.8) is 0 Å². The van der Waals surface area contributed by atoms with Crippen LogP contribution in [0.15, 0.2) is 0 Å². The third kappa shape index (κ3) is 14.7. The van der Waals surface area contributed by atoms with E-state index in [1.165, 1.54) is 109 Å². The molecule has 0 amide bonds. The maximum absolute atomic E-state index is 12.2. The minimum Gasteiger partial charge on any atom is -0.481 e. The summed E-state index contributed by atoms with van der Waals surface area (Å²) in [5, 5.41) is 12.2. The minimum atomic E-state index is -0.600. The highest BCUT2D eigenvalue weighted by Crippen LogP contribution is 2.45. The molecular weight excluding hydrogens is 470 g/mol. The quantitative estimate of drug-likeness (QED) is 0.124. The number of rotatable bonds is 24. The number of piperidine rings is 1. The Balaban J connectivity index is 2.13. The van der Waals surface area contributed by atoms with Crippen molar-refractivity contribution < 1.29 is 14.7 Å². The van der Waals surface area contributed by atoms with Crippen LogP contribution in [0.1, 0.15) is 183 Å². The summed E-state index contributed by atoms with van der Waals surface area (Å²) in [5.74, 6) is -0.621. The van der Waals surface area contributed by atoms with Crippen LogP contribution in [-0.2, 0) is 9.63 Å². The van der Waals surface area contributed by atoms with Crippen LogP contribution in [0.2, 0.25) is 0 Å². The lowest BCUT2D eigenvalue weighted by Crippen LogP contribution is -2.61. The SMILES string of the molecule is CCCCCCCCCCCCCCCCCCCCC(C(=O)O)C1CC(C)(C)N(OCCC)C(C)(C)C1. The first-order valence-corrected chi connectivity index (χ1v) is 16.8. The van der Waals surface area contributed by atoms with Crippen molar-refractivity contribution in [1.82, 2.24) is 5.06 Å². The maximum Gasteiger partial charge on any atom is 0.306 e. The van der Waals surface area contributed by atoms with E-state index in [0.717, 1.165) is 38.7 Å². The predicted octanol–water partition coefficient (Wildman–Crippen LogP) is 10.7. The van der Waals surface area contributed by atoms with Gasteiger partial charge in [0.05, 0.1) is 12.5 Å². The Hall–Kier alpha value is -0.610. The smallest absolute Gasteiger partial charge is 0.306 e. The van der Waals surface area contributed by atoms with Gasteiger partial charge in [-0.3, -0.25) is 9.63 Å². The lowest BCUT2D eigenvalue weighted by molar-refractivity contribution is -0.290. The second kappa shape index (κ2) is 20.3. The molecule has 1 aliphatic heterocycles. The fourth-order valence-corrected chi connectivity index (χ4v) is 6.98. The normalized spacial score (nSPS) is 18.6. The van der Waals surface area contributed by atoms with Crippen molar-refractivity contribution in [2.75, 3.05) is 6.61 Å². The topological polar surface area (TPSA) is 49.8 Å². The van der Waals surface area contributed by atoms with Gasteiger partial charge >= 0.3 is 5.97 Å². The van der Waals surface area contributed by atoms with Crippen LogP contribution in [0.4, 0.5) is 0 Å². The van der Waals surface area contributed by atoms with Gasteiger partial charge in [0.15, 0.2) is 0 Å². The summed E-state index contributed by atoms with van der Waals surface area (Å²) in [6, 6.07) is 0. The van der Waals surface area contributed by atoms with Crippen LogP contribution in [0.3, 0.4) is 0 Å². The first-order chi connectivity index (χ1) is 18.2. The molecule has 0 bridgehead atoms. The van der Waals surface area contributed by atoms with E-state index in [-0.39, 0.29) is 22.9 Å². The second-order valence-corrected chi connectivity index (χ2v) is 13.7. The van der Waals surface area contributed by atoms with Crippen molar-refractivity contribution in [2.45, 2.75) is 194 Å². The van der Waals surface area contributed by atoms with E-state index in [0.29, 0.717) is 0 Å². The van der Waals surface area contributed by atoms with Crippen molar-refractivity contribution in [3.05, 3.63) is 0 Å². The largest absolute Gasteiger partial charge is 0.481 e. The van der Waals surface area contributed by atoms with Gasteiger partial charge in [-0.15, -0.1) is 0 Å². The lowest BCUT2D eigenvalue weighted by atomic mass is 9.69. The van der Waals surface area contributed by atoms with Gasteiger partial charge in [0.2, 0.25) is 0 Å². The van der Waals surface area contributed by atoms with Gasteiger partial charge in [-0.25, -0.2) is 0 Å². The molecule has 1 rings (SSSR count). The Bertz CT molecular complexity index is 570. The molecule has 1 aliphatic rings. The Kier molecular flexibility index (Phi) is 18.9. The van der Waals surface area contributed by atoms with Gasteiger partial charge in [0.25, 0.3) is 0 Å². The molecule has 1 heterocycles. The highest BCUT2D eigenvalue weighted by Gasteiger charge is 2.49. The Morgan fingerprint density at radius 3 is 1.39 bits per heavy atom. The molecule has 4 heteroatoms. The van der Waals surface area contributed by atoms with Gasteiger partial charge in [-0.2, -0.15) is 5.06 Å². The van der Waals surface area contributed by atoms with Crippen molar-refractivity contribution in [3.8, 4) is 0 Å². The number of carboxylic acid groups (broad SMARTS) is 1. The molecule has 226 valence electrons. The summed E-state index contributed by atoms with van der Waals surface area (Å²) in [5.41, 5.74) is -0.299. The molecule has 1 atom stereocenters. The van der Waals surface area contributed by atoms with Crippen molar-refractivity contribution in [2.24, 2.45) is 11.8 Å². The van der Waals surface area contributed by atoms with E-state index >= 15 is 0 Å². The van der Waals surface area contributed by atoms with E-state index in [1.807, 2.05) is 0 Å². The molecule has 38 heavy (non-hydrogen) atoms. The molecule has 4 nitrogen and oxygen atoms in total. The van der Waals surface area contributed by atoms with Gasteiger partial charge in [0.1, 0.15) is 0 Å². The monoisotopic (exact) mass is 538 g/mol. The zero-order valence-electron chi connectivity index (χ0n) is 26.6. The molecular formula is C34H67NO3. The summed E-state index contributed by atoms with van der Waals surface area (Å²) in [4.78, 5) is 18.4. The Morgan fingerprint density at radius 2 is 1.05 bits per heavy atom. The fraction of sp³-hybridized carbons (Fsp3) is 0.971. The molecule has 0 aromatic rings. The minimum absolute atomic E-state index is 0.150. The van der Waals surface area contributed by atoms with E-state index in [4.69, 9.17) is 4.84 Å². The van der Waals surface area contributed by atoms with Crippen LogP contribution < -0.4 is 0 Å². The predicted molar refractivity (Wildman–Crippen MR) is 163 cm³/mol. The van der Waals surface area contributed by atoms with E-state index < -0.39 is 5.97 Å². The highest BCUT2D eigenvalue weighted by atomic mass is 16.7. The average Bonchev–Trinajstić information content (AvgIpc) is 2.84. The first kappa shape index (κ1) is 35.4. The Morgan fingerprint density at radius 1 is 0.684 bits per heavy atom. The molecule has 0 radical (unpaired) electrons. The summed E-state index contributed by atoms with van der Waals surface area (Å²) < 4.78 is 0. The van der Waals surface area contributed by atoms with E-state index in [1.54, 1.807) is 0 Å². The second-order valence-electron chi connectivity index (χ2n) is 13.7. The maximum atomic E-state index is 12.2. The molecule has 1 N–H and O–H groups in total. The first-order valence-electron chi connectivity index (χ1n) is 16.8. The summed E-state index contributed by atoms with van der Waals surface area (Å²) in [6.07, 6.45) is 28.1. The molecule has 0 aromatic heterocycles. The van der Waals surface area contributed by atoms with Crippen LogP contribution in [-0.4, -0.2) is 33.8 Å². The molecule has 0 aromatic carbocycles. The number of unbranched alkanes of at least 4 members (excludes halogenated alkanes) is 17. The van der Waals surface area contributed by atoms with Crippen LogP contribution in [0.5, 0.6) is 0 Å². The summed E-state index contributed by atoms with van der Waals surface area (Å²) >= 11 is 0. The molecule has 1 unspecified atom stereocenters. The van der Waals surface area contributed by atoms with Crippen LogP contribution in [0, 0.1) is 11.8 Å². The molecule has 0 spiro atoms. The number of hydroxylamine groups is 2. The number of nitrogens with zero attached hydrogens (tertiary/aromatic N) is 1. The number of carbonyl (C=O) groups is 1. The van der Waals surface area contributed by atoms with Crippen molar-refractivity contribution >= 4 is 5.97 Å². The van der Waals surface area contributed by atoms with Crippen LogP contribution >= 0.6 is 0 Å². The fourth-order valence-electron chi connectivity index (χ4n) is 6.98. The van der Waals surface area contributed by atoms with Gasteiger partial charge in [0, 0.05) is 11.1 Å². The van der Waals surface area contributed by atoms with E-state index in [2.05, 4.69) is 46.6 Å². The number of hydrogen-bond donors (Lipinski definition) is 1. The summed E-state index contributed by atoms with van der Waals surface area (Å²) in [7, 11) is 0. The van der Waals surface area contributed by atoms with Gasteiger partial charge in [-0.1, -0.05) is 129 Å². The number of carboxylic acids is 1. The standard InChI is InChI=1S/C34H67NO3/c1-7-9-10-11-12-13-14-15-16-17-18-19-20-21-22-23-24-25-26-31(32(36)37)30-28-33(3,4)35(38-27-8-2)34(5,6)29-30/h30-31H,7-29H2,1-6H3,(H,36,37). The zero-order valence-corrected chi connectivity index (χ0v) is 26.6. The summed E-state index contributed by atoms with van der Waals surface area (Å²) in [6.45, 7) is 14.0. The molecule has 1 saturated heterocycles. The highest BCUT2D eigenvalue weighted by molar-refractivity contribution is 5.70. The van der Waals surface area contributed by atoms with Crippen LogP contribution in [0.25, 0.3) is 0 Å². The third-order valence-corrected chi connectivity index (χ3v) is 8.80. The van der Waals surface area contributed by atoms with Gasteiger partial charge < -0.3 is 5.11 Å². The average molecular weight is 538 g/mol. The molecule has 0 saturated carbocycles. The van der Waals surface area contributed by atoms with Crippen molar-refractivity contribution in [1.29, 1.82) is 0 Å².